The normalized spacial score (nSPS) is 27.9. The molecule has 5 heteroatoms. The average molecular weight is 295 g/mol. The fourth-order valence-corrected chi connectivity index (χ4v) is 2.58. The van der Waals surface area contributed by atoms with E-state index in [-0.39, 0.29) is 11.7 Å². The van der Waals surface area contributed by atoms with Crippen molar-refractivity contribution in [1.82, 2.24) is 5.43 Å². The summed E-state index contributed by atoms with van der Waals surface area (Å²) in [6.07, 6.45) is 6.42. The molecule has 2 aliphatic rings. The molecule has 88 valence electrons. The van der Waals surface area contributed by atoms with Gasteiger partial charge in [0.1, 0.15) is 0 Å². The Labute approximate surface area is 107 Å². The summed E-state index contributed by atoms with van der Waals surface area (Å²) in [6.45, 7) is 0. The van der Waals surface area contributed by atoms with Gasteiger partial charge in [-0.1, -0.05) is 12.2 Å². The highest BCUT2D eigenvalue weighted by atomic mass is 79.9. The number of nitrogens with one attached hydrogen (secondary N) is 1. The molecule has 0 radical (unpaired) electrons. The second-order valence-electron chi connectivity index (χ2n) is 4.29. The Morgan fingerprint density at radius 1 is 1.53 bits per heavy atom. The first-order valence-electron chi connectivity index (χ1n) is 5.53. The number of hydrogen-bond donors (Lipinski definition) is 1. The third kappa shape index (κ3) is 1.95. The van der Waals surface area contributed by atoms with Crippen LogP contribution in [0.15, 0.2) is 38.5 Å². The lowest BCUT2D eigenvalue weighted by Gasteiger charge is -2.31. The van der Waals surface area contributed by atoms with Crippen LogP contribution in [0.5, 0.6) is 0 Å². The second-order valence-corrected chi connectivity index (χ2v) is 5.07. The van der Waals surface area contributed by atoms with Gasteiger partial charge in [0, 0.05) is 11.6 Å². The molecule has 1 saturated carbocycles. The molecule has 0 aromatic carbocycles. The summed E-state index contributed by atoms with van der Waals surface area (Å²) in [6, 6.07) is 3.29. The van der Waals surface area contributed by atoms with E-state index in [1.807, 2.05) is 0 Å². The molecule has 1 amide bonds. The van der Waals surface area contributed by atoms with Crippen molar-refractivity contribution in [3.63, 3.8) is 0 Å². The van der Waals surface area contributed by atoms with Gasteiger partial charge in [0.2, 0.25) is 0 Å². The monoisotopic (exact) mass is 294 g/mol. The van der Waals surface area contributed by atoms with Gasteiger partial charge in [0.25, 0.3) is 0 Å². The number of nitrogens with zero attached hydrogens (tertiary/aromatic N) is 1. The van der Waals surface area contributed by atoms with Gasteiger partial charge in [-0.15, -0.1) is 0 Å². The van der Waals surface area contributed by atoms with Gasteiger partial charge < -0.3 is 4.42 Å². The summed E-state index contributed by atoms with van der Waals surface area (Å²) in [5, 5.41) is 4.16. The molecule has 1 fully saturated rings. The van der Waals surface area contributed by atoms with Gasteiger partial charge in [0.05, 0.1) is 0 Å². The van der Waals surface area contributed by atoms with Gasteiger partial charge in [-0.05, 0) is 46.8 Å². The summed E-state index contributed by atoms with van der Waals surface area (Å²) < 4.78 is 5.68. The van der Waals surface area contributed by atoms with Crippen molar-refractivity contribution in [3.8, 4) is 0 Å². The Bertz CT molecular complexity index is 518. The molecule has 1 aromatic heterocycles. The molecule has 0 spiro atoms. The number of rotatable bonds is 2. The fourth-order valence-electron chi connectivity index (χ4n) is 2.28. The maximum absolute atomic E-state index is 11.6. The summed E-state index contributed by atoms with van der Waals surface area (Å²) in [5.74, 6) is 1.11. The maximum Gasteiger partial charge on any atom is 0.307 e. The Kier molecular flexibility index (Phi) is 2.63. The van der Waals surface area contributed by atoms with Crippen LogP contribution >= 0.6 is 15.9 Å². The van der Waals surface area contributed by atoms with Gasteiger partial charge in [-0.25, -0.2) is 5.43 Å². The maximum atomic E-state index is 11.6. The SMILES string of the molecule is O=C(NN=C1C[C@@H]2C=CC[C@H]12)c1ccc(Br)o1. The molecule has 1 heterocycles. The lowest BCUT2D eigenvalue weighted by molar-refractivity contribution is 0.0925. The average Bonchev–Trinajstić information content (AvgIpc) is 2.86. The standard InChI is InChI=1S/C12H11BrN2O2/c13-11-5-4-10(17-11)12(16)15-14-9-6-7-2-1-3-8(7)9/h1-2,4-5,7-8H,3,6H2,(H,15,16)/t7-,8-/m0/s1. The highest BCUT2D eigenvalue weighted by Crippen LogP contribution is 2.40. The molecule has 1 aromatic rings. The number of hydrogen-bond acceptors (Lipinski definition) is 3. The highest BCUT2D eigenvalue weighted by Gasteiger charge is 2.38. The third-order valence-electron chi connectivity index (χ3n) is 3.26. The molecule has 2 aliphatic carbocycles. The van der Waals surface area contributed by atoms with Crippen molar-refractivity contribution in [3.05, 3.63) is 34.7 Å². The number of fused-ring (bicyclic) bond motifs is 1. The molecular formula is C12H11BrN2O2. The largest absolute Gasteiger partial charge is 0.444 e. The number of amides is 1. The minimum atomic E-state index is -0.308. The number of hydrazone groups is 1. The quantitative estimate of drug-likeness (QED) is 0.673. The van der Waals surface area contributed by atoms with Crippen LogP contribution in [0.3, 0.4) is 0 Å². The number of furan rings is 1. The van der Waals surface area contributed by atoms with Crippen molar-refractivity contribution in [2.24, 2.45) is 16.9 Å². The Morgan fingerprint density at radius 3 is 3.12 bits per heavy atom. The van der Waals surface area contributed by atoms with Gasteiger partial charge in [-0.3, -0.25) is 4.79 Å². The zero-order valence-electron chi connectivity index (χ0n) is 9.02. The summed E-state index contributed by atoms with van der Waals surface area (Å²) >= 11 is 3.15. The molecule has 0 unspecified atom stereocenters. The van der Waals surface area contributed by atoms with Crippen molar-refractivity contribution in [1.29, 1.82) is 0 Å². The first-order valence-corrected chi connectivity index (χ1v) is 6.32. The van der Waals surface area contributed by atoms with Crippen molar-refractivity contribution < 1.29 is 9.21 Å². The van der Waals surface area contributed by atoms with Crippen LogP contribution in [-0.4, -0.2) is 11.6 Å². The summed E-state index contributed by atoms with van der Waals surface area (Å²) in [4.78, 5) is 11.6. The molecule has 2 atom stereocenters. The topological polar surface area (TPSA) is 54.6 Å². The van der Waals surface area contributed by atoms with Crippen LogP contribution < -0.4 is 5.43 Å². The minimum Gasteiger partial charge on any atom is -0.444 e. The van der Waals surface area contributed by atoms with Gasteiger partial charge >= 0.3 is 5.91 Å². The van der Waals surface area contributed by atoms with Crippen molar-refractivity contribution >= 4 is 27.5 Å². The zero-order valence-corrected chi connectivity index (χ0v) is 10.6. The molecule has 0 aliphatic heterocycles. The molecule has 3 rings (SSSR count). The lowest BCUT2D eigenvalue weighted by atomic mass is 9.74. The van der Waals surface area contributed by atoms with E-state index in [0.717, 1.165) is 18.6 Å². The van der Waals surface area contributed by atoms with E-state index in [1.54, 1.807) is 12.1 Å². The lowest BCUT2D eigenvalue weighted by Crippen LogP contribution is -2.35. The zero-order chi connectivity index (χ0) is 11.8. The van der Waals surface area contributed by atoms with Crippen LogP contribution in [0.4, 0.5) is 0 Å². The number of halogens is 1. The van der Waals surface area contributed by atoms with Crippen molar-refractivity contribution in [2.75, 3.05) is 0 Å². The minimum absolute atomic E-state index is 0.265. The van der Waals surface area contributed by atoms with E-state index >= 15 is 0 Å². The fraction of sp³-hybridized carbons (Fsp3) is 0.333. The predicted molar refractivity (Wildman–Crippen MR) is 66.7 cm³/mol. The first-order chi connectivity index (χ1) is 8.24. The molecule has 0 bridgehead atoms. The van der Waals surface area contributed by atoms with Crippen LogP contribution in [0.2, 0.25) is 0 Å². The van der Waals surface area contributed by atoms with E-state index in [0.29, 0.717) is 16.5 Å². The van der Waals surface area contributed by atoms with Crippen molar-refractivity contribution in [2.45, 2.75) is 12.8 Å². The Morgan fingerprint density at radius 2 is 2.41 bits per heavy atom. The number of carbonyl (C=O) groups is 1. The molecule has 1 N–H and O–H groups in total. The van der Waals surface area contributed by atoms with Crippen LogP contribution in [0.25, 0.3) is 0 Å². The third-order valence-corrected chi connectivity index (χ3v) is 3.69. The van der Waals surface area contributed by atoms with Gasteiger partial charge in [0.15, 0.2) is 10.4 Å². The highest BCUT2D eigenvalue weighted by molar-refractivity contribution is 9.10. The second kappa shape index (κ2) is 4.14. The van der Waals surface area contributed by atoms with E-state index in [4.69, 9.17) is 4.42 Å². The first kappa shape index (κ1) is 10.8. The van der Waals surface area contributed by atoms with Crippen LogP contribution in [0.1, 0.15) is 23.4 Å². The number of allylic oxidation sites excluding steroid dienone is 2. The van der Waals surface area contributed by atoms with Crippen LogP contribution in [-0.2, 0) is 0 Å². The molecule has 4 nitrogen and oxygen atoms in total. The van der Waals surface area contributed by atoms with E-state index < -0.39 is 0 Å². The molecule has 0 saturated heterocycles. The van der Waals surface area contributed by atoms with Gasteiger partial charge in [-0.2, -0.15) is 5.10 Å². The Balaban J connectivity index is 1.61. The Hall–Kier alpha value is -1.36. The summed E-state index contributed by atoms with van der Waals surface area (Å²) in [5.41, 5.74) is 3.62. The smallest absolute Gasteiger partial charge is 0.307 e. The van der Waals surface area contributed by atoms with E-state index in [2.05, 4.69) is 38.6 Å². The van der Waals surface area contributed by atoms with E-state index in [9.17, 15) is 4.79 Å². The van der Waals surface area contributed by atoms with E-state index in [1.165, 1.54) is 0 Å². The molecule has 17 heavy (non-hydrogen) atoms. The molecular weight excluding hydrogens is 284 g/mol. The predicted octanol–water partition coefficient (Wildman–Crippen LogP) is 2.72. The summed E-state index contributed by atoms with van der Waals surface area (Å²) in [7, 11) is 0. The number of carbonyl (C=O) groups excluding carboxylic acids is 1. The van der Waals surface area contributed by atoms with Crippen LogP contribution in [0, 0.1) is 11.8 Å².